The maximum absolute atomic E-state index is 12.4. The zero-order chi connectivity index (χ0) is 18.1. The summed E-state index contributed by atoms with van der Waals surface area (Å²) in [4.78, 5) is 31.4. The predicted octanol–water partition coefficient (Wildman–Crippen LogP) is 3.07. The number of carbonyl (C=O) groups excluding carboxylic acids is 1. The third-order valence-electron chi connectivity index (χ3n) is 4.85. The summed E-state index contributed by atoms with van der Waals surface area (Å²) in [6.07, 6.45) is 3.52. The van der Waals surface area contributed by atoms with E-state index in [2.05, 4.69) is 15.2 Å². The molecule has 1 aromatic carbocycles. The van der Waals surface area contributed by atoms with Gasteiger partial charge in [-0.15, -0.1) is 0 Å². The lowest BCUT2D eigenvalue weighted by molar-refractivity contribution is -0.117. The minimum atomic E-state index is -0.408. The minimum absolute atomic E-state index is 0.0783. The van der Waals surface area contributed by atoms with Crippen LogP contribution in [0.2, 0.25) is 0 Å². The number of nitrogens with one attached hydrogen (secondary N) is 1. The molecule has 0 atom stereocenters. The predicted molar refractivity (Wildman–Crippen MR) is 101 cm³/mol. The number of aryl methyl sites for hydroxylation is 1. The molecule has 1 amide bonds. The van der Waals surface area contributed by atoms with Crippen LogP contribution in [0.3, 0.4) is 0 Å². The summed E-state index contributed by atoms with van der Waals surface area (Å²) in [6, 6.07) is 9.03. The number of benzene rings is 1. The number of hydrogen-bond acceptors (Lipinski definition) is 5. The lowest BCUT2D eigenvalue weighted by Crippen LogP contribution is -2.37. The summed E-state index contributed by atoms with van der Waals surface area (Å²) in [5, 5.41) is 4.10. The Hall–Kier alpha value is -2.73. The van der Waals surface area contributed by atoms with Crippen LogP contribution in [0.5, 0.6) is 0 Å². The average molecular weight is 351 g/mol. The number of likely N-dealkylation sites (tertiary alicyclic amines) is 1. The number of hydrogen-bond donors (Lipinski definition) is 1. The molecule has 0 aliphatic carbocycles. The topological polar surface area (TPSA) is 75.4 Å². The van der Waals surface area contributed by atoms with Crippen molar-refractivity contribution in [2.45, 2.75) is 26.2 Å². The molecule has 1 aliphatic rings. The van der Waals surface area contributed by atoms with E-state index in [1.165, 1.54) is 6.42 Å². The molecule has 0 saturated carbocycles. The van der Waals surface area contributed by atoms with Gasteiger partial charge in [-0.1, -0.05) is 18.6 Å². The van der Waals surface area contributed by atoms with E-state index in [0.29, 0.717) is 28.8 Å². The molecular formula is C20H21N3O3. The molecule has 1 N–H and O–H groups in total. The number of pyridine rings is 1. The van der Waals surface area contributed by atoms with E-state index in [9.17, 15) is 9.59 Å². The Kier molecular flexibility index (Phi) is 4.42. The van der Waals surface area contributed by atoms with Gasteiger partial charge >= 0.3 is 5.63 Å². The van der Waals surface area contributed by atoms with E-state index in [-0.39, 0.29) is 5.91 Å². The average Bonchev–Trinajstić information content (AvgIpc) is 2.62. The van der Waals surface area contributed by atoms with Gasteiger partial charge in [-0.25, -0.2) is 9.78 Å². The highest BCUT2D eigenvalue weighted by Gasteiger charge is 2.16. The Balaban J connectivity index is 1.68. The van der Waals surface area contributed by atoms with E-state index in [1.807, 2.05) is 25.1 Å². The molecular weight excluding hydrogens is 330 g/mol. The maximum atomic E-state index is 12.4. The van der Waals surface area contributed by atoms with E-state index < -0.39 is 5.63 Å². The SMILES string of the molecule is Cc1cc(NC(=O)CN2CCCCC2)nc2c1c(=O)oc1ccccc12. The van der Waals surface area contributed by atoms with Crippen molar-refractivity contribution in [3.63, 3.8) is 0 Å². The van der Waals surface area contributed by atoms with Crippen molar-refractivity contribution in [1.82, 2.24) is 9.88 Å². The Labute approximate surface area is 150 Å². The molecule has 3 heterocycles. The second-order valence-corrected chi connectivity index (χ2v) is 6.82. The number of piperidine rings is 1. The molecule has 6 heteroatoms. The number of aromatic nitrogens is 1. The Morgan fingerprint density at radius 2 is 2.00 bits per heavy atom. The summed E-state index contributed by atoms with van der Waals surface area (Å²) in [7, 11) is 0. The molecule has 1 fully saturated rings. The van der Waals surface area contributed by atoms with Crippen molar-refractivity contribution in [1.29, 1.82) is 0 Å². The first-order chi connectivity index (χ1) is 12.6. The molecule has 4 rings (SSSR count). The standard InChI is InChI=1S/C20H21N3O3/c1-13-11-16(21-17(24)12-23-9-5-2-6-10-23)22-19-14-7-3-4-8-15(14)26-20(25)18(13)19/h3-4,7-8,11H,2,5-6,9-10,12H2,1H3,(H,21,22,24). The van der Waals surface area contributed by atoms with Gasteiger partial charge in [0.25, 0.3) is 0 Å². The van der Waals surface area contributed by atoms with Crippen LogP contribution in [0.4, 0.5) is 5.82 Å². The summed E-state index contributed by atoms with van der Waals surface area (Å²) >= 11 is 0. The Bertz CT molecular complexity index is 1040. The second-order valence-electron chi connectivity index (χ2n) is 6.82. The van der Waals surface area contributed by atoms with Crippen molar-refractivity contribution >= 4 is 33.6 Å². The van der Waals surface area contributed by atoms with Crippen molar-refractivity contribution in [2.24, 2.45) is 0 Å². The highest BCUT2D eigenvalue weighted by atomic mass is 16.4. The lowest BCUT2D eigenvalue weighted by atomic mass is 10.1. The number of fused-ring (bicyclic) bond motifs is 3. The number of para-hydroxylation sites is 1. The monoisotopic (exact) mass is 351 g/mol. The van der Waals surface area contributed by atoms with Crippen LogP contribution in [0, 0.1) is 6.92 Å². The smallest absolute Gasteiger partial charge is 0.346 e. The van der Waals surface area contributed by atoms with Crippen LogP contribution < -0.4 is 10.9 Å². The summed E-state index contributed by atoms with van der Waals surface area (Å²) in [5.41, 5.74) is 1.39. The van der Waals surface area contributed by atoms with Crippen molar-refractivity contribution < 1.29 is 9.21 Å². The molecule has 2 aromatic heterocycles. The second kappa shape index (κ2) is 6.88. The largest absolute Gasteiger partial charge is 0.422 e. The molecule has 0 spiro atoms. The van der Waals surface area contributed by atoms with Gasteiger partial charge in [0, 0.05) is 5.39 Å². The Morgan fingerprint density at radius 1 is 1.23 bits per heavy atom. The van der Waals surface area contributed by atoms with Gasteiger partial charge in [-0.05, 0) is 56.6 Å². The summed E-state index contributed by atoms with van der Waals surface area (Å²) in [6.45, 7) is 4.12. The minimum Gasteiger partial charge on any atom is -0.422 e. The van der Waals surface area contributed by atoms with E-state index in [0.717, 1.165) is 36.9 Å². The van der Waals surface area contributed by atoms with Crippen molar-refractivity contribution in [3.8, 4) is 0 Å². The molecule has 3 aromatic rings. The number of carbonyl (C=O) groups is 1. The van der Waals surface area contributed by atoms with Gasteiger partial charge < -0.3 is 9.73 Å². The van der Waals surface area contributed by atoms with Crippen LogP contribution in [-0.2, 0) is 4.79 Å². The number of rotatable bonds is 3. The molecule has 134 valence electrons. The first-order valence-electron chi connectivity index (χ1n) is 8.97. The molecule has 0 unspecified atom stereocenters. The number of anilines is 1. The van der Waals surface area contributed by atoms with Crippen molar-refractivity contribution in [3.05, 3.63) is 46.3 Å². The zero-order valence-electron chi connectivity index (χ0n) is 14.7. The van der Waals surface area contributed by atoms with Gasteiger partial charge in [-0.3, -0.25) is 9.69 Å². The number of nitrogens with zero attached hydrogens (tertiary/aromatic N) is 2. The molecule has 6 nitrogen and oxygen atoms in total. The van der Waals surface area contributed by atoms with Gasteiger partial charge in [0.2, 0.25) is 5.91 Å². The van der Waals surface area contributed by atoms with Crippen LogP contribution >= 0.6 is 0 Å². The van der Waals surface area contributed by atoms with Crippen LogP contribution in [-0.4, -0.2) is 35.4 Å². The molecule has 0 bridgehead atoms. The summed E-state index contributed by atoms with van der Waals surface area (Å²) < 4.78 is 5.39. The highest BCUT2D eigenvalue weighted by Crippen LogP contribution is 2.25. The van der Waals surface area contributed by atoms with Gasteiger partial charge in [0.15, 0.2) is 0 Å². The third-order valence-corrected chi connectivity index (χ3v) is 4.85. The fraction of sp³-hybridized carbons (Fsp3) is 0.350. The molecule has 1 saturated heterocycles. The van der Waals surface area contributed by atoms with E-state index in [4.69, 9.17) is 4.42 Å². The first-order valence-corrected chi connectivity index (χ1v) is 8.97. The van der Waals surface area contributed by atoms with Gasteiger partial charge in [0.05, 0.1) is 17.4 Å². The summed E-state index contributed by atoms with van der Waals surface area (Å²) in [5.74, 6) is 0.387. The van der Waals surface area contributed by atoms with Crippen LogP contribution in [0.15, 0.2) is 39.5 Å². The quantitative estimate of drug-likeness (QED) is 0.580. The van der Waals surface area contributed by atoms with E-state index >= 15 is 0 Å². The zero-order valence-corrected chi connectivity index (χ0v) is 14.7. The molecule has 1 aliphatic heterocycles. The first kappa shape index (κ1) is 16.7. The molecule has 26 heavy (non-hydrogen) atoms. The third kappa shape index (κ3) is 3.20. The highest BCUT2D eigenvalue weighted by molar-refractivity contribution is 6.04. The lowest BCUT2D eigenvalue weighted by Gasteiger charge is -2.25. The number of amides is 1. The maximum Gasteiger partial charge on any atom is 0.346 e. The molecule has 0 radical (unpaired) electrons. The van der Waals surface area contributed by atoms with E-state index in [1.54, 1.807) is 12.1 Å². The van der Waals surface area contributed by atoms with Gasteiger partial charge in [-0.2, -0.15) is 0 Å². The fourth-order valence-electron chi connectivity index (χ4n) is 3.59. The van der Waals surface area contributed by atoms with Crippen LogP contribution in [0.1, 0.15) is 24.8 Å². The normalized spacial score (nSPS) is 15.4. The fourth-order valence-corrected chi connectivity index (χ4v) is 3.59. The van der Waals surface area contributed by atoms with Crippen LogP contribution in [0.25, 0.3) is 21.9 Å². The van der Waals surface area contributed by atoms with Crippen molar-refractivity contribution in [2.75, 3.05) is 25.0 Å². The Morgan fingerprint density at radius 3 is 2.81 bits per heavy atom. The van der Waals surface area contributed by atoms with Gasteiger partial charge in [0.1, 0.15) is 11.4 Å².